The number of imidazole rings is 1. The van der Waals surface area contributed by atoms with E-state index in [0.717, 1.165) is 11.3 Å². The molecule has 0 aliphatic carbocycles. The molecule has 1 aromatic heterocycles. The van der Waals surface area contributed by atoms with Crippen LogP contribution in [-0.4, -0.2) is 21.9 Å². The van der Waals surface area contributed by atoms with Crippen LogP contribution in [0.15, 0.2) is 36.8 Å². The van der Waals surface area contributed by atoms with E-state index in [2.05, 4.69) is 48.2 Å². The van der Waals surface area contributed by atoms with Gasteiger partial charge in [-0.3, -0.25) is 4.79 Å². The summed E-state index contributed by atoms with van der Waals surface area (Å²) in [5, 5.41) is 2.87. The number of nitrogens with two attached hydrogens (primary N) is 1. The van der Waals surface area contributed by atoms with Crippen molar-refractivity contribution >= 4 is 5.91 Å². The molecule has 0 aliphatic heterocycles. The van der Waals surface area contributed by atoms with Crippen molar-refractivity contribution in [3.8, 4) is 0 Å². The van der Waals surface area contributed by atoms with E-state index >= 15 is 0 Å². The van der Waals surface area contributed by atoms with E-state index in [0.29, 0.717) is 13.0 Å². The fraction of sp³-hybridized carbons (Fsp3) is 0.412. The molecule has 5 nitrogen and oxygen atoms in total. The summed E-state index contributed by atoms with van der Waals surface area (Å²) in [5.41, 5.74) is 9.23. The predicted octanol–water partition coefficient (Wildman–Crippen LogP) is 1.89. The zero-order chi connectivity index (χ0) is 16.2. The number of nitrogens with zero attached hydrogens (tertiary/aromatic N) is 1. The Balaban J connectivity index is 1.85. The van der Waals surface area contributed by atoms with Gasteiger partial charge in [-0.2, -0.15) is 0 Å². The molecule has 0 spiro atoms. The summed E-state index contributed by atoms with van der Waals surface area (Å²) in [6.07, 6.45) is 3.71. The maximum absolute atomic E-state index is 12.0. The fourth-order valence-electron chi connectivity index (χ4n) is 2.17. The molecule has 1 aromatic carbocycles. The normalized spacial score (nSPS) is 12.9. The Kier molecular flexibility index (Phi) is 4.98. The van der Waals surface area contributed by atoms with Gasteiger partial charge in [-0.05, 0) is 16.5 Å². The van der Waals surface area contributed by atoms with E-state index in [4.69, 9.17) is 5.73 Å². The molecule has 5 heteroatoms. The Morgan fingerprint density at radius 2 is 2.00 bits per heavy atom. The number of aromatic amines is 1. The van der Waals surface area contributed by atoms with Gasteiger partial charge in [-0.25, -0.2) is 4.98 Å². The molecule has 1 heterocycles. The molecule has 0 unspecified atom stereocenters. The lowest BCUT2D eigenvalue weighted by molar-refractivity contribution is -0.122. The average Bonchev–Trinajstić information content (AvgIpc) is 2.97. The summed E-state index contributed by atoms with van der Waals surface area (Å²) in [4.78, 5) is 18.9. The van der Waals surface area contributed by atoms with Gasteiger partial charge in [-0.15, -0.1) is 0 Å². The average molecular weight is 300 g/mol. The fourth-order valence-corrected chi connectivity index (χ4v) is 2.17. The third-order valence-corrected chi connectivity index (χ3v) is 3.62. The minimum absolute atomic E-state index is 0.133. The van der Waals surface area contributed by atoms with Gasteiger partial charge in [-0.1, -0.05) is 45.0 Å². The number of benzene rings is 1. The third-order valence-electron chi connectivity index (χ3n) is 3.62. The van der Waals surface area contributed by atoms with Gasteiger partial charge in [0, 0.05) is 24.9 Å². The molecule has 118 valence electrons. The summed E-state index contributed by atoms with van der Waals surface area (Å²) in [6.45, 7) is 7.02. The van der Waals surface area contributed by atoms with Crippen molar-refractivity contribution in [2.45, 2.75) is 45.2 Å². The first-order chi connectivity index (χ1) is 10.4. The molecule has 0 radical (unpaired) electrons. The van der Waals surface area contributed by atoms with Crippen LogP contribution in [0.5, 0.6) is 0 Å². The van der Waals surface area contributed by atoms with Gasteiger partial charge >= 0.3 is 0 Å². The van der Waals surface area contributed by atoms with Gasteiger partial charge in [0.1, 0.15) is 0 Å². The van der Waals surface area contributed by atoms with Crippen LogP contribution in [0.2, 0.25) is 0 Å². The van der Waals surface area contributed by atoms with E-state index in [1.807, 2.05) is 12.1 Å². The van der Waals surface area contributed by atoms with E-state index in [-0.39, 0.29) is 11.3 Å². The van der Waals surface area contributed by atoms with Crippen LogP contribution < -0.4 is 11.1 Å². The Hall–Kier alpha value is -2.14. The Morgan fingerprint density at radius 1 is 1.32 bits per heavy atom. The van der Waals surface area contributed by atoms with Crippen molar-refractivity contribution in [2.75, 3.05) is 0 Å². The zero-order valence-electron chi connectivity index (χ0n) is 13.4. The van der Waals surface area contributed by atoms with Crippen LogP contribution in [0, 0.1) is 0 Å². The highest BCUT2D eigenvalue weighted by molar-refractivity contribution is 5.81. The summed E-state index contributed by atoms with van der Waals surface area (Å²) in [5.74, 6) is -0.158. The largest absolute Gasteiger partial charge is 0.351 e. The molecule has 1 amide bonds. The highest BCUT2D eigenvalue weighted by atomic mass is 16.2. The first-order valence-corrected chi connectivity index (χ1v) is 7.46. The quantitative estimate of drug-likeness (QED) is 0.788. The summed E-state index contributed by atoms with van der Waals surface area (Å²) >= 11 is 0. The number of aromatic nitrogens is 2. The van der Waals surface area contributed by atoms with Crippen molar-refractivity contribution < 1.29 is 4.79 Å². The highest BCUT2D eigenvalue weighted by Gasteiger charge is 2.15. The first kappa shape index (κ1) is 16.2. The molecule has 2 rings (SSSR count). The Morgan fingerprint density at radius 3 is 2.55 bits per heavy atom. The van der Waals surface area contributed by atoms with Crippen molar-refractivity contribution in [3.63, 3.8) is 0 Å². The van der Waals surface area contributed by atoms with Crippen LogP contribution in [-0.2, 0) is 23.2 Å². The molecule has 0 saturated carbocycles. The second-order valence-electron chi connectivity index (χ2n) is 6.55. The number of amides is 1. The lowest BCUT2D eigenvalue weighted by Gasteiger charge is -2.19. The van der Waals surface area contributed by atoms with E-state index < -0.39 is 6.04 Å². The van der Waals surface area contributed by atoms with Crippen LogP contribution in [0.25, 0.3) is 0 Å². The smallest absolute Gasteiger partial charge is 0.237 e. The van der Waals surface area contributed by atoms with Gasteiger partial charge in [0.05, 0.1) is 12.4 Å². The minimum Gasteiger partial charge on any atom is -0.351 e. The lowest BCUT2D eigenvalue weighted by Crippen LogP contribution is -2.41. The van der Waals surface area contributed by atoms with Crippen LogP contribution in [0.1, 0.15) is 37.6 Å². The maximum atomic E-state index is 12.0. The number of hydrogen-bond acceptors (Lipinski definition) is 3. The standard InChI is InChI=1S/C17H24N4O/c1-17(2,3)13-6-4-12(5-7-13)9-20-16(22)15(18)8-14-10-19-11-21-14/h4-7,10-11,15H,8-9,18H2,1-3H3,(H,19,21)(H,20,22)/t15-/m1/s1. The monoisotopic (exact) mass is 300 g/mol. The SMILES string of the molecule is CC(C)(C)c1ccc(CNC(=O)[C@H](N)Cc2cnc[nH]2)cc1. The van der Waals surface area contributed by atoms with Crippen LogP contribution in [0.3, 0.4) is 0 Å². The molecular formula is C17H24N4O. The number of carbonyl (C=O) groups is 1. The van der Waals surface area contributed by atoms with Gasteiger partial charge in [0.15, 0.2) is 0 Å². The summed E-state index contributed by atoms with van der Waals surface area (Å²) < 4.78 is 0. The van der Waals surface area contributed by atoms with Crippen LogP contribution in [0.4, 0.5) is 0 Å². The number of rotatable bonds is 5. The molecule has 1 atom stereocenters. The maximum Gasteiger partial charge on any atom is 0.237 e. The second kappa shape index (κ2) is 6.75. The number of nitrogens with one attached hydrogen (secondary N) is 2. The predicted molar refractivity (Wildman–Crippen MR) is 87.3 cm³/mol. The Bertz CT molecular complexity index is 597. The van der Waals surface area contributed by atoms with Crippen molar-refractivity contribution in [1.82, 2.24) is 15.3 Å². The molecular weight excluding hydrogens is 276 g/mol. The van der Waals surface area contributed by atoms with Crippen molar-refractivity contribution in [1.29, 1.82) is 0 Å². The number of H-pyrrole nitrogens is 1. The molecule has 22 heavy (non-hydrogen) atoms. The minimum atomic E-state index is -0.575. The zero-order valence-corrected chi connectivity index (χ0v) is 13.4. The van der Waals surface area contributed by atoms with Gasteiger partial charge in [0.25, 0.3) is 0 Å². The topological polar surface area (TPSA) is 83.8 Å². The third kappa shape index (κ3) is 4.43. The number of carbonyl (C=O) groups excluding carboxylic acids is 1. The van der Waals surface area contributed by atoms with E-state index in [1.165, 1.54) is 5.56 Å². The molecule has 4 N–H and O–H groups in total. The molecule has 0 fully saturated rings. The summed E-state index contributed by atoms with van der Waals surface area (Å²) in [7, 11) is 0. The van der Waals surface area contributed by atoms with E-state index in [1.54, 1.807) is 12.5 Å². The number of hydrogen-bond donors (Lipinski definition) is 3. The lowest BCUT2D eigenvalue weighted by atomic mass is 9.87. The highest BCUT2D eigenvalue weighted by Crippen LogP contribution is 2.22. The van der Waals surface area contributed by atoms with Crippen molar-refractivity contribution in [2.24, 2.45) is 5.73 Å². The van der Waals surface area contributed by atoms with Gasteiger partial charge < -0.3 is 16.0 Å². The first-order valence-electron chi connectivity index (χ1n) is 7.46. The van der Waals surface area contributed by atoms with Gasteiger partial charge in [0.2, 0.25) is 5.91 Å². The second-order valence-corrected chi connectivity index (χ2v) is 6.55. The summed E-state index contributed by atoms with van der Waals surface area (Å²) in [6, 6.07) is 7.72. The molecule has 0 saturated heterocycles. The van der Waals surface area contributed by atoms with Crippen molar-refractivity contribution in [3.05, 3.63) is 53.6 Å². The molecule has 0 bridgehead atoms. The molecule has 2 aromatic rings. The Labute approximate surface area is 131 Å². The van der Waals surface area contributed by atoms with E-state index in [9.17, 15) is 4.79 Å². The van der Waals surface area contributed by atoms with Crippen LogP contribution >= 0.6 is 0 Å². The molecule has 0 aliphatic rings.